The van der Waals surface area contributed by atoms with Gasteiger partial charge in [0.15, 0.2) is 5.82 Å². The topological polar surface area (TPSA) is 99.8 Å². The number of hydrogen-bond acceptors (Lipinski definition) is 4. The lowest BCUT2D eigenvalue weighted by Gasteiger charge is -2.05. The summed E-state index contributed by atoms with van der Waals surface area (Å²) in [5.74, 6) is 0.0943. The van der Waals surface area contributed by atoms with Crippen molar-refractivity contribution in [2.24, 2.45) is 5.73 Å². The Morgan fingerprint density at radius 2 is 2.00 bits per heavy atom. The standard InChI is InChI=1S/C11H13N5O/c1-7(10(13)17)16-6-14-11(15-16)8-2-4-9(12)5-3-8/h2-7H,12H2,1H3,(H2,13,17). The fourth-order valence-electron chi connectivity index (χ4n) is 1.36. The number of benzene rings is 1. The molecule has 17 heavy (non-hydrogen) atoms. The van der Waals surface area contributed by atoms with E-state index in [-0.39, 0.29) is 0 Å². The van der Waals surface area contributed by atoms with Gasteiger partial charge in [0.2, 0.25) is 5.91 Å². The van der Waals surface area contributed by atoms with Crippen LogP contribution in [-0.4, -0.2) is 20.7 Å². The molecule has 0 saturated heterocycles. The Labute approximate surface area is 98.3 Å². The first-order chi connectivity index (χ1) is 8.08. The van der Waals surface area contributed by atoms with Gasteiger partial charge in [0.25, 0.3) is 0 Å². The van der Waals surface area contributed by atoms with Crippen LogP contribution >= 0.6 is 0 Å². The number of primary amides is 1. The van der Waals surface area contributed by atoms with Crippen molar-refractivity contribution in [2.45, 2.75) is 13.0 Å². The van der Waals surface area contributed by atoms with Gasteiger partial charge in [-0.05, 0) is 31.2 Å². The Bertz CT molecular complexity index is 531. The van der Waals surface area contributed by atoms with Crippen LogP contribution in [0.15, 0.2) is 30.6 Å². The summed E-state index contributed by atoms with van der Waals surface area (Å²) in [5, 5.41) is 4.20. The highest BCUT2D eigenvalue weighted by Crippen LogP contribution is 2.16. The molecule has 88 valence electrons. The summed E-state index contributed by atoms with van der Waals surface area (Å²) in [7, 11) is 0. The SMILES string of the molecule is CC(C(N)=O)n1cnc(-c2ccc(N)cc2)n1. The lowest BCUT2D eigenvalue weighted by atomic mass is 10.2. The quantitative estimate of drug-likeness (QED) is 0.754. The van der Waals surface area contributed by atoms with Gasteiger partial charge >= 0.3 is 0 Å². The number of carbonyl (C=O) groups excluding carboxylic acids is 1. The van der Waals surface area contributed by atoms with Crippen LogP contribution in [0.2, 0.25) is 0 Å². The summed E-state index contributed by atoms with van der Waals surface area (Å²) < 4.78 is 1.44. The third-order valence-electron chi connectivity index (χ3n) is 2.49. The molecule has 1 heterocycles. The van der Waals surface area contributed by atoms with E-state index in [1.54, 1.807) is 19.1 Å². The van der Waals surface area contributed by atoms with Crippen molar-refractivity contribution in [2.75, 3.05) is 5.73 Å². The minimum Gasteiger partial charge on any atom is -0.399 e. The van der Waals surface area contributed by atoms with E-state index in [1.165, 1.54) is 11.0 Å². The van der Waals surface area contributed by atoms with E-state index in [2.05, 4.69) is 10.1 Å². The maximum Gasteiger partial charge on any atom is 0.242 e. The van der Waals surface area contributed by atoms with Crippen molar-refractivity contribution in [1.29, 1.82) is 0 Å². The minimum absolute atomic E-state index is 0.446. The lowest BCUT2D eigenvalue weighted by molar-refractivity contribution is -0.120. The Morgan fingerprint density at radius 3 is 2.59 bits per heavy atom. The average Bonchev–Trinajstić information content (AvgIpc) is 2.78. The Balaban J connectivity index is 2.29. The molecule has 1 atom stereocenters. The molecule has 1 unspecified atom stereocenters. The van der Waals surface area contributed by atoms with Crippen LogP contribution in [0, 0.1) is 0 Å². The first-order valence-corrected chi connectivity index (χ1v) is 5.14. The zero-order chi connectivity index (χ0) is 12.4. The third kappa shape index (κ3) is 2.25. The summed E-state index contributed by atoms with van der Waals surface area (Å²) >= 11 is 0. The summed E-state index contributed by atoms with van der Waals surface area (Å²) in [6.45, 7) is 1.67. The molecule has 2 rings (SSSR count). The molecule has 0 spiro atoms. The van der Waals surface area contributed by atoms with Gasteiger partial charge in [-0.3, -0.25) is 4.79 Å². The molecule has 0 fully saturated rings. The predicted octanol–water partition coefficient (Wildman–Crippen LogP) is 0.574. The van der Waals surface area contributed by atoms with Crippen LogP contribution in [-0.2, 0) is 4.79 Å². The maximum atomic E-state index is 11.0. The molecule has 0 aliphatic carbocycles. The van der Waals surface area contributed by atoms with Crippen LogP contribution in [0.1, 0.15) is 13.0 Å². The molecule has 6 heteroatoms. The van der Waals surface area contributed by atoms with Gasteiger partial charge in [0.1, 0.15) is 12.4 Å². The van der Waals surface area contributed by atoms with Gasteiger partial charge in [0, 0.05) is 11.3 Å². The number of aromatic nitrogens is 3. The predicted molar refractivity (Wildman–Crippen MR) is 63.8 cm³/mol. The second kappa shape index (κ2) is 4.25. The van der Waals surface area contributed by atoms with E-state index in [1.807, 2.05) is 12.1 Å². The van der Waals surface area contributed by atoms with Crippen LogP contribution in [0.3, 0.4) is 0 Å². The second-order valence-corrected chi connectivity index (χ2v) is 3.75. The van der Waals surface area contributed by atoms with E-state index < -0.39 is 11.9 Å². The molecular formula is C11H13N5O. The van der Waals surface area contributed by atoms with Gasteiger partial charge in [-0.2, -0.15) is 5.10 Å². The molecule has 1 amide bonds. The van der Waals surface area contributed by atoms with Gasteiger partial charge in [-0.15, -0.1) is 0 Å². The van der Waals surface area contributed by atoms with E-state index in [0.29, 0.717) is 11.5 Å². The maximum absolute atomic E-state index is 11.0. The molecule has 4 N–H and O–H groups in total. The van der Waals surface area contributed by atoms with Crippen molar-refractivity contribution < 1.29 is 4.79 Å². The molecule has 0 aliphatic heterocycles. The average molecular weight is 231 g/mol. The number of nitrogen functional groups attached to an aromatic ring is 1. The minimum atomic E-state index is -0.509. The first kappa shape index (κ1) is 11.1. The normalized spacial score (nSPS) is 12.3. The fraction of sp³-hybridized carbons (Fsp3) is 0.182. The molecular weight excluding hydrogens is 218 g/mol. The van der Waals surface area contributed by atoms with Crippen LogP contribution in [0.25, 0.3) is 11.4 Å². The van der Waals surface area contributed by atoms with Gasteiger partial charge in [-0.25, -0.2) is 9.67 Å². The van der Waals surface area contributed by atoms with Crippen molar-refractivity contribution >= 4 is 11.6 Å². The molecule has 0 bridgehead atoms. The highest BCUT2D eigenvalue weighted by atomic mass is 16.1. The van der Waals surface area contributed by atoms with Crippen LogP contribution in [0.5, 0.6) is 0 Å². The van der Waals surface area contributed by atoms with E-state index in [4.69, 9.17) is 11.5 Å². The largest absolute Gasteiger partial charge is 0.399 e. The van der Waals surface area contributed by atoms with E-state index in [0.717, 1.165) is 5.56 Å². The number of nitrogens with zero attached hydrogens (tertiary/aromatic N) is 3. The summed E-state index contributed by atoms with van der Waals surface area (Å²) in [5.41, 5.74) is 12.3. The van der Waals surface area contributed by atoms with E-state index in [9.17, 15) is 4.79 Å². The zero-order valence-corrected chi connectivity index (χ0v) is 9.37. The van der Waals surface area contributed by atoms with E-state index >= 15 is 0 Å². The van der Waals surface area contributed by atoms with Crippen molar-refractivity contribution in [3.05, 3.63) is 30.6 Å². The first-order valence-electron chi connectivity index (χ1n) is 5.14. The Kier molecular flexibility index (Phi) is 2.78. The Morgan fingerprint density at radius 1 is 1.35 bits per heavy atom. The number of carbonyl (C=O) groups is 1. The Hall–Kier alpha value is -2.37. The number of rotatable bonds is 3. The summed E-state index contributed by atoms with van der Waals surface area (Å²) in [6.07, 6.45) is 1.49. The zero-order valence-electron chi connectivity index (χ0n) is 9.37. The number of amides is 1. The summed E-state index contributed by atoms with van der Waals surface area (Å²) in [6, 6.07) is 6.68. The van der Waals surface area contributed by atoms with Gasteiger partial charge in [-0.1, -0.05) is 0 Å². The molecule has 2 aromatic rings. The molecule has 0 radical (unpaired) electrons. The summed E-state index contributed by atoms with van der Waals surface area (Å²) in [4.78, 5) is 15.1. The molecule has 6 nitrogen and oxygen atoms in total. The smallest absolute Gasteiger partial charge is 0.242 e. The van der Waals surface area contributed by atoms with Crippen LogP contribution < -0.4 is 11.5 Å². The van der Waals surface area contributed by atoms with Crippen LogP contribution in [0.4, 0.5) is 5.69 Å². The number of hydrogen-bond donors (Lipinski definition) is 2. The number of anilines is 1. The number of nitrogens with two attached hydrogens (primary N) is 2. The van der Waals surface area contributed by atoms with Crippen molar-refractivity contribution in [1.82, 2.24) is 14.8 Å². The fourth-order valence-corrected chi connectivity index (χ4v) is 1.36. The highest BCUT2D eigenvalue weighted by molar-refractivity contribution is 5.77. The monoisotopic (exact) mass is 231 g/mol. The lowest BCUT2D eigenvalue weighted by Crippen LogP contribution is -2.24. The molecule has 1 aromatic heterocycles. The molecule has 0 saturated carbocycles. The van der Waals surface area contributed by atoms with Gasteiger partial charge < -0.3 is 11.5 Å². The van der Waals surface area contributed by atoms with Crippen molar-refractivity contribution in [3.8, 4) is 11.4 Å². The van der Waals surface area contributed by atoms with Gasteiger partial charge in [0.05, 0.1) is 0 Å². The third-order valence-corrected chi connectivity index (χ3v) is 2.49. The second-order valence-electron chi connectivity index (χ2n) is 3.75. The van der Waals surface area contributed by atoms with Crippen molar-refractivity contribution in [3.63, 3.8) is 0 Å². The highest BCUT2D eigenvalue weighted by Gasteiger charge is 2.13. The molecule has 0 aliphatic rings. The molecule has 1 aromatic carbocycles.